The van der Waals surface area contributed by atoms with Crippen molar-refractivity contribution < 1.29 is 9.66 Å². The van der Waals surface area contributed by atoms with Gasteiger partial charge in [0.15, 0.2) is 5.01 Å². The van der Waals surface area contributed by atoms with Gasteiger partial charge in [-0.3, -0.25) is 10.1 Å². The molecule has 1 aromatic heterocycles. The Bertz CT molecular complexity index is 627. The van der Waals surface area contributed by atoms with Gasteiger partial charge in [-0.15, -0.1) is 10.2 Å². The first-order valence-electron chi connectivity index (χ1n) is 6.04. The number of rotatable bonds is 5. The lowest BCUT2D eigenvalue weighted by Crippen LogP contribution is -2.03. The van der Waals surface area contributed by atoms with Crippen LogP contribution in [0.1, 0.15) is 24.9 Å². The molecule has 2 N–H and O–H groups in total. The van der Waals surface area contributed by atoms with Gasteiger partial charge in [-0.05, 0) is 19.9 Å². The minimum Gasteiger partial charge on any atom is -0.487 e. The van der Waals surface area contributed by atoms with E-state index in [1.54, 1.807) is 26.0 Å². The van der Waals surface area contributed by atoms with Crippen LogP contribution in [0, 0.1) is 10.1 Å². The number of hydrogen-bond donors (Lipinski definition) is 1. The highest BCUT2D eigenvalue weighted by atomic mass is 32.1. The van der Waals surface area contributed by atoms with Crippen molar-refractivity contribution in [2.45, 2.75) is 19.9 Å². The van der Waals surface area contributed by atoms with Crippen LogP contribution in [0.4, 0.5) is 5.69 Å². The van der Waals surface area contributed by atoms with Crippen LogP contribution >= 0.6 is 11.3 Å². The summed E-state index contributed by atoms with van der Waals surface area (Å²) in [5.41, 5.74) is 6.23. The van der Waals surface area contributed by atoms with Crippen molar-refractivity contribution in [1.29, 1.82) is 0 Å². The normalized spacial score (nSPS) is 12.2. The highest BCUT2D eigenvalue weighted by Gasteiger charge is 2.22. The predicted molar refractivity (Wildman–Crippen MR) is 75.8 cm³/mol. The first-order valence-corrected chi connectivity index (χ1v) is 6.85. The van der Waals surface area contributed by atoms with E-state index >= 15 is 0 Å². The summed E-state index contributed by atoms with van der Waals surface area (Å²) in [6.07, 6.45) is 0. The summed E-state index contributed by atoms with van der Waals surface area (Å²) < 4.78 is 5.42. The monoisotopic (exact) mass is 294 g/mol. The van der Waals surface area contributed by atoms with E-state index in [0.29, 0.717) is 22.2 Å². The molecule has 0 spiro atoms. The molecule has 1 heterocycles. The van der Waals surface area contributed by atoms with E-state index in [0.717, 1.165) is 0 Å². The second-order valence-electron chi connectivity index (χ2n) is 4.08. The molecule has 2 rings (SSSR count). The van der Waals surface area contributed by atoms with Crippen molar-refractivity contribution in [2.24, 2.45) is 5.73 Å². The van der Waals surface area contributed by atoms with Crippen LogP contribution < -0.4 is 10.5 Å². The molecule has 0 saturated heterocycles. The SMILES string of the molecule is CCOc1c(-c2nnc(C(C)N)s2)cccc1[N+](=O)[O-]. The van der Waals surface area contributed by atoms with Crippen molar-refractivity contribution in [3.63, 3.8) is 0 Å². The van der Waals surface area contributed by atoms with Crippen LogP contribution in [0.3, 0.4) is 0 Å². The summed E-state index contributed by atoms with van der Waals surface area (Å²) in [6, 6.07) is 4.50. The quantitative estimate of drug-likeness (QED) is 0.671. The van der Waals surface area contributed by atoms with Crippen molar-refractivity contribution in [3.8, 4) is 16.3 Å². The minimum absolute atomic E-state index is 0.0816. The molecule has 1 atom stereocenters. The van der Waals surface area contributed by atoms with Crippen LogP contribution in [0.25, 0.3) is 10.6 Å². The number of para-hydroxylation sites is 1. The smallest absolute Gasteiger partial charge is 0.311 e. The molecule has 0 aliphatic rings. The number of aromatic nitrogens is 2. The van der Waals surface area contributed by atoms with Crippen LogP contribution in [0.2, 0.25) is 0 Å². The van der Waals surface area contributed by atoms with Gasteiger partial charge in [0.2, 0.25) is 5.75 Å². The van der Waals surface area contributed by atoms with E-state index in [-0.39, 0.29) is 17.5 Å². The number of nitrogens with two attached hydrogens (primary N) is 1. The molecule has 8 heteroatoms. The molecule has 106 valence electrons. The highest BCUT2D eigenvalue weighted by molar-refractivity contribution is 7.14. The Hall–Kier alpha value is -2.06. The average Bonchev–Trinajstić information content (AvgIpc) is 2.88. The van der Waals surface area contributed by atoms with Gasteiger partial charge in [0.25, 0.3) is 0 Å². The minimum atomic E-state index is -0.470. The lowest BCUT2D eigenvalue weighted by Gasteiger charge is -2.07. The van der Waals surface area contributed by atoms with Gasteiger partial charge in [0.1, 0.15) is 5.01 Å². The number of benzene rings is 1. The van der Waals surface area contributed by atoms with Gasteiger partial charge < -0.3 is 10.5 Å². The van der Waals surface area contributed by atoms with Crippen LogP contribution in [0.15, 0.2) is 18.2 Å². The summed E-state index contributed by atoms with van der Waals surface area (Å²) in [4.78, 5) is 10.6. The van der Waals surface area contributed by atoms with Gasteiger partial charge in [-0.2, -0.15) is 0 Å². The van der Waals surface area contributed by atoms with E-state index in [9.17, 15) is 10.1 Å². The molecule has 0 bridgehead atoms. The van der Waals surface area contributed by atoms with E-state index in [2.05, 4.69) is 10.2 Å². The van der Waals surface area contributed by atoms with Crippen molar-refractivity contribution in [3.05, 3.63) is 33.3 Å². The predicted octanol–water partition coefficient (Wildman–Crippen LogP) is 2.53. The van der Waals surface area contributed by atoms with Gasteiger partial charge in [-0.25, -0.2) is 0 Å². The van der Waals surface area contributed by atoms with Crippen molar-refractivity contribution in [2.75, 3.05) is 6.61 Å². The highest BCUT2D eigenvalue weighted by Crippen LogP contribution is 2.39. The summed E-state index contributed by atoms with van der Waals surface area (Å²) in [5.74, 6) is 0.215. The fourth-order valence-electron chi connectivity index (χ4n) is 1.66. The molecule has 7 nitrogen and oxygen atoms in total. The van der Waals surface area contributed by atoms with E-state index in [4.69, 9.17) is 10.5 Å². The molecule has 20 heavy (non-hydrogen) atoms. The molecule has 0 saturated carbocycles. The molecule has 1 aromatic carbocycles. The number of nitro groups is 1. The summed E-state index contributed by atoms with van der Waals surface area (Å²) in [6.45, 7) is 3.91. The molecular formula is C12H14N4O3S. The molecule has 0 aliphatic heterocycles. The fraction of sp³-hybridized carbons (Fsp3) is 0.333. The first-order chi connectivity index (χ1) is 9.54. The summed E-state index contributed by atoms with van der Waals surface area (Å²) in [5, 5.41) is 20.3. The first kappa shape index (κ1) is 14.4. The Morgan fingerprint density at radius 3 is 2.80 bits per heavy atom. The summed E-state index contributed by atoms with van der Waals surface area (Å²) in [7, 11) is 0. The second-order valence-corrected chi connectivity index (χ2v) is 5.09. The lowest BCUT2D eigenvalue weighted by atomic mass is 10.2. The molecule has 0 fully saturated rings. The van der Waals surface area contributed by atoms with Crippen LogP contribution in [-0.2, 0) is 0 Å². The van der Waals surface area contributed by atoms with Gasteiger partial charge >= 0.3 is 5.69 Å². The second kappa shape index (κ2) is 5.93. The third kappa shape index (κ3) is 2.75. The van der Waals surface area contributed by atoms with E-state index in [1.807, 2.05) is 0 Å². The van der Waals surface area contributed by atoms with Crippen molar-refractivity contribution >= 4 is 17.0 Å². The lowest BCUT2D eigenvalue weighted by molar-refractivity contribution is -0.385. The molecule has 1 unspecified atom stereocenters. The van der Waals surface area contributed by atoms with Gasteiger partial charge in [-0.1, -0.05) is 17.4 Å². The van der Waals surface area contributed by atoms with Gasteiger partial charge in [0.05, 0.1) is 23.1 Å². The van der Waals surface area contributed by atoms with Crippen LogP contribution in [-0.4, -0.2) is 21.7 Å². The number of hydrogen-bond acceptors (Lipinski definition) is 7. The number of ether oxygens (including phenoxy) is 1. The van der Waals surface area contributed by atoms with Crippen molar-refractivity contribution in [1.82, 2.24) is 10.2 Å². The molecule has 2 aromatic rings. The third-order valence-corrected chi connectivity index (χ3v) is 3.70. The standard InChI is InChI=1S/C12H14N4O3S/c1-3-19-10-8(5-4-6-9(10)16(17)18)12-15-14-11(20-12)7(2)13/h4-7H,3,13H2,1-2H3. The molecule has 0 aliphatic carbocycles. The van der Waals surface area contributed by atoms with E-state index < -0.39 is 4.92 Å². The molecular weight excluding hydrogens is 280 g/mol. The Balaban J connectivity index is 2.54. The number of nitro benzene ring substituents is 1. The maximum atomic E-state index is 11.1. The fourth-order valence-corrected chi connectivity index (χ4v) is 2.48. The zero-order chi connectivity index (χ0) is 14.7. The van der Waals surface area contributed by atoms with Crippen LogP contribution in [0.5, 0.6) is 5.75 Å². The topological polar surface area (TPSA) is 104 Å². The maximum Gasteiger partial charge on any atom is 0.311 e. The molecule has 0 radical (unpaired) electrons. The Labute approximate surface area is 119 Å². The molecule has 0 amide bonds. The zero-order valence-electron chi connectivity index (χ0n) is 11.1. The number of nitrogens with zero attached hydrogens (tertiary/aromatic N) is 3. The third-order valence-electron chi connectivity index (χ3n) is 2.54. The average molecular weight is 294 g/mol. The largest absolute Gasteiger partial charge is 0.487 e. The maximum absolute atomic E-state index is 11.1. The summed E-state index contributed by atoms with van der Waals surface area (Å²) >= 11 is 1.30. The zero-order valence-corrected chi connectivity index (χ0v) is 11.9. The Morgan fingerprint density at radius 1 is 1.50 bits per heavy atom. The van der Waals surface area contributed by atoms with E-state index in [1.165, 1.54) is 17.4 Å². The van der Waals surface area contributed by atoms with Gasteiger partial charge in [0, 0.05) is 6.07 Å². The Morgan fingerprint density at radius 2 is 2.25 bits per heavy atom. The Kier molecular flexibility index (Phi) is 4.26.